The predicted octanol–water partition coefficient (Wildman–Crippen LogP) is 1.93. The number of aromatic nitrogens is 3. The first-order chi connectivity index (χ1) is 12.9. The number of primary amides is 1. The molecule has 3 rings (SSSR count). The van der Waals surface area contributed by atoms with Crippen LogP contribution in [0.3, 0.4) is 0 Å². The van der Waals surface area contributed by atoms with E-state index in [-0.39, 0.29) is 12.3 Å². The van der Waals surface area contributed by atoms with Gasteiger partial charge in [0.05, 0.1) is 5.69 Å². The maximum absolute atomic E-state index is 12.4. The van der Waals surface area contributed by atoms with Crippen LogP contribution in [0.15, 0.2) is 36.4 Å². The van der Waals surface area contributed by atoms with Gasteiger partial charge in [0.2, 0.25) is 11.8 Å². The molecule has 0 saturated heterocycles. The molecule has 0 fully saturated rings. The summed E-state index contributed by atoms with van der Waals surface area (Å²) < 4.78 is 1.80. The molecule has 0 radical (unpaired) electrons. The fourth-order valence-electron chi connectivity index (χ4n) is 3.24. The second-order valence-corrected chi connectivity index (χ2v) is 6.63. The highest BCUT2D eigenvalue weighted by Gasteiger charge is 2.20. The summed E-state index contributed by atoms with van der Waals surface area (Å²) in [5, 5.41) is 7.17. The lowest BCUT2D eigenvalue weighted by Gasteiger charge is -2.16. The first-order valence-corrected chi connectivity index (χ1v) is 8.83. The SMILES string of the molecule is Cc1cc2nc(C)c(CCC(=O)NC(C(N)=O)c3ccccc3)c(C)n2n1. The zero-order valence-electron chi connectivity index (χ0n) is 15.7. The molecule has 7 nitrogen and oxygen atoms in total. The molecule has 0 aliphatic carbocycles. The van der Waals surface area contributed by atoms with Gasteiger partial charge < -0.3 is 11.1 Å². The molecule has 2 aromatic heterocycles. The molecule has 0 saturated carbocycles. The average molecular weight is 365 g/mol. The van der Waals surface area contributed by atoms with Crippen molar-refractivity contribution in [2.45, 2.75) is 39.7 Å². The lowest BCUT2D eigenvalue weighted by Crippen LogP contribution is -2.37. The molecule has 2 heterocycles. The Hall–Kier alpha value is -3.22. The molecular weight excluding hydrogens is 342 g/mol. The lowest BCUT2D eigenvalue weighted by molar-refractivity contribution is -0.127. The van der Waals surface area contributed by atoms with E-state index >= 15 is 0 Å². The van der Waals surface area contributed by atoms with Crippen LogP contribution >= 0.6 is 0 Å². The van der Waals surface area contributed by atoms with Gasteiger partial charge in [-0.25, -0.2) is 9.50 Å². The topological polar surface area (TPSA) is 102 Å². The summed E-state index contributed by atoms with van der Waals surface area (Å²) in [5.74, 6) is -0.824. The number of nitrogens with two attached hydrogens (primary N) is 1. The summed E-state index contributed by atoms with van der Waals surface area (Å²) in [6.45, 7) is 5.82. The smallest absolute Gasteiger partial charge is 0.244 e. The first-order valence-electron chi connectivity index (χ1n) is 8.83. The Morgan fingerprint density at radius 3 is 2.56 bits per heavy atom. The van der Waals surface area contributed by atoms with Crippen LogP contribution in [-0.2, 0) is 16.0 Å². The Morgan fingerprint density at radius 2 is 1.89 bits per heavy atom. The van der Waals surface area contributed by atoms with Gasteiger partial charge in [0, 0.05) is 23.9 Å². The highest BCUT2D eigenvalue weighted by atomic mass is 16.2. The number of carbonyl (C=O) groups excluding carboxylic acids is 2. The van der Waals surface area contributed by atoms with Crippen molar-refractivity contribution in [3.63, 3.8) is 0 Å². The van der Waals surface area contributed by atoms with Gasteiger partial charge in [0.25, 0.3) is 0 Å². The van der Waals surface area contributed by atoms with E-state index in [0.29, 0.717) is 12.0 Å². The van der Waals surface area contributed by atoms with E-state index in [1.165, 1.54) is 0 Å². The zero-order chi connectivity index (χ0) is 19.6. The van der Waals surface area contributed by atoms with Crippen LogP contribution in [0.1, 0.15) is 40.7 Å². The number of hydrogen-bond donors (Lipinski definition) is 2. The second kappa shape index (κ2) is 7.57. The minimum atomic E-state index is -0.838. The Balaban J connectivity index is 1.73. The van der Waals surface area contributed by atoms with Gasteiger partial charge in [0.15, 0.2) is 5.65 Å². The molecule has 7 heteroatoms. The predicted molar refractivity (Wildman–Crippen MR) is 102 cm³/mol. The second-order valence-electron chi connectivity index (χ2n) is 6.63. The van der Waals surface area contributed by atoms with Crippen LogP contribution in [0.25, 0.3) is 5.65 Å². The zero-order valence-corrected chi connectivity index (χ0v) is 15.7. The van der Waals surface area contributed by atoms with Gasteiger partial charge in [-0.15, -0.1) is 0 Å². The van der Waals surface area contributed by atoms with Crippen molar-refractivity contribution in [1.82, 2.24) is 19.9 Å². The largest absolute Gasteiger partial charge is 0.368 e. The van der Waals surface area contributed by atoms with Crippen molar-refractivity contribution in [2.24, 2.45) is 5.73 Å². The number of nitrogens with one attached hydrogen (secondary N) is 1. The molecule has 1 unspecified atom stereocenters. The van der Waals surface area contributed by atoms with Gasteiger partial charge in [-0.05, 0) is 38.3 Å². The van der Waals surface area contributed by atoms with Gasteiger partial charge in [-0.2, -0.15) is 5.10 Å². The maximum Gasteiger partial charge on any atom is 0.244 e. The van der Waals surface area contributed by atoms with Gasteiger partial charge >= 0.3 is 0 Å². The quantitative estimate of drug-likeness (QED) is 0.697. The molecule has 140 valence electrons. The molecule has 0 spiro atoms. The molecule has 1 aromatic carbocycles. The molecular formula is C20H23N5O2. The van der Waals surface area contributed by atoms with Gasteiger partial charge in [-0.1, -0.05) is 30.3 Å². The number of amides is 2. The highest BCUT2D eigenvalue weighted by Crippen LogP contribution is 2.18. The fraction of sp³-hybridized carbons (Fsp3) is 0.300. The normalized spacial score (nSPS) is 12.1. The molecule has 3 aromatic rings. The summed E-state index contributed by atoms with van der Waals surface area (Å²) in [6.07, 6.45) is 0.733. The number of hydrogen-bond acceptors (Lipinski definition) is 4. The Morgan fingerprint density at radius 1 is 1.19 bits per heavy atom. The fourth-order valence-corrected chi connectivity index (χ4v) is 3.24. The summed E-state index contributed by atoms with van der Waals surface area (Å²) >= 11 is 0. The molecule has 3 N–H and O–H groups in total. The molecule has 27 heavy (non-hydrogen) atoms. The third kappa shape index (κ3) is 3.97. The Bertz CT molecular complexity index is 995. The van der Waals surface area contributed by atoms with Crippen LogP contribution < -0.4 is 11.1 Å². The standard InChI is InChI=1S/C20H23N5O2/c1-12-11-17-22-13(2)16(14(3)25(17)24-12)9-10-18(26)23-19(20(21)27)15-7-5-4-6-8-15/h4-8,11,19H,9-10H2,1-3H3,(H2,21,27)(H,23,26). The summed E-state index contributed by atoms with van der Waals surface area (Å²) in [5.41, 5.74) is 10.6. The van der Waals surface area contributed by atoms with Crippen molar-refractivity contribution < 1.29 is 9.59 Å². The van der Waals surface area contributed by atoms with E-state index < -0.39 is 11.9 Å². The van der Waals surface area contributed by atoms with E-state index in [1.54, 1.807) is 28.8 Å². The minimum Gasteiger partial charge on any atom is -0.368 e. The minimum absolute atomic E-state index is 0.228. The van der Waals surface area contributed by atoms with Crippen molar-refractivity contribution >= 4 is 17.5 Å². The van der Waals surface area contributed by atoms with Crippen LogP contribution in [-0.4, -0.2) is 26.4 Å². The molecule has 0 bridgehead atoms. The van der Waals surface area contributed by atoms with Crippen LogP contribution in [0.4, 0.5) is 0 Å². The van der Waals surface area contributed by atoms with Crippen molar-refractivity contribution in [2.75, 3.05) is 0 Å². The number of fused-ring (bicyclic) bond motifs is 1. The molecule has 2 amide bonds. The van der Waals surface area contributed by atoms with Crippen LogP contribution in [0, 0.1) is 20.8 Å². The van der Waals surface area contributed by atoms with Crippen LogP contribution in [0.2, 0.25) is 0 Å². The van der Waals surface area contributed by atoms with Crippen molar-refractivity contribution in [3.8, 4) is 0 Å². The van der Waals surface area contributed by atoms with Crippen molar-refractivity contribution in [1.29, 1.82) is 0 Å². The average Bonchev–Trinajstić information content (AvgIpc) is 3.00. The highest BCUT2D eigenvalue weighted by molar-refractivity contribution is 5.87. The third-order valence-electron chi connectivity index (χ3n) is 4.61. The Labute approximate surface area is 157 Å². The van der Waals surface area contributed by atoms with E-state index in [9.17, 15) is 9.59 Å². The van der Waals surface area contributed by atoms with Crippen molar-refractivity contribution in [3.05, 3.63) is 64.6 Å². The molecule has 0 aliphatic rings. The van der Waals surface area contributed by atoms with E-state index in [0.717, 1.165) is 28.3 Å². The van der Waals surface area contributed by atoms with E-state index in [4.69, 9.17) is 5.73 Å². The summed E-state index contributed by atoms with van der Waals surface area (Å²) in [7, 11) is 0. The van der Waals surface area contributed by atoms with Gasteiger partial charge in [-0.3, -0.25) is 9.59 Å². The Kier molecular flexibility index (Phi) is 5.21. The summed E-state index contributed by atoms with van der Waals surface area (Å²) in [6, 6.07) is 10.1. The maximum atomic E-state index is 12.4. The third-order valence-corrected chi connectivity index (χ3v) is 4.61. The number of aryl methyl sites for hydroxylation is 3. The summed E-state index contributed by atoms with van der Waals surface area (Å²) in [4.78, 5) is 28.8. The number of carbonyl (C=O) groups is 2. The van der Waals surface area contributed by atoms with Crippen LogP contribution in [0.5, 0.6) is 0 Å². The number of benzene rings is 1. The lowest BCUT2D eigenvalue weighted by atomic mass is 10.0. The number of nitrogens with zero attached hydrogens (tertiary/aromatic N) is 3. The number of rotatable bonds is 6. The first kappa shape index (κ1) is 18.6. The van der Waals surface area contributed by atoms with E-state index in [2.05, 4.69) is 15.4 Å². The van der Waals surface area contributed by atoms with E-state index in [1.807, 2.05) is 32.9 Å². The molecule has 0 aliphatic heterocycles. The van der Waals surface area contributed by atoms with Gasteiger partial charge in [0.1, 0.15) is 6.04 Å². The molecule has 1 atom stereocenters. The monoisotopic (exact) mass is 365 g/mol.